The molecule has 0 saturated heterocycles. The highest BCUT2D eigenvalue weighted by atomic mass is 32.1. The van der Waals surface area contributed by atoms with Gasteiger partial charge in [-0.25, -0.2) is 9.97 Å². The van der Waals surface area contributed by atoms with Crippen molar-refractivity contribution < 1.29 is 0 Å². The highest BCUT2D eigenvalue weighted by Crippen LogP contribution is 2.15. The molecule has 0 saturated carbocycles. The fourth-order valence-electron chi connectivity index (χ4n) is 1.67. The number of rotatable bonds is 4. The Balaban J connectivity index is 1.99. The Labute approximate surface area is 110 Å². The lowest BCUT2D eigenvalue weighted by atomic mass is 10.1. The van der Waals surface area contributed by atoms with Crippen LogP contribution in [0, 0.1) is 25.2 Å². The van der Waals surface area contributed by atoms with E-state index in [0.29, 0.717) is 11.4 Å². The van der Waals surface area contributed by atoms with Crippen LogP contribution >= 0.6 is 11.3 Å². The van der Waals surface area contributed by atoms with Crippen molar-refractivity contribution in [1.82, 2.24) is 9.97 Å². The van der Waals surface area contributed by atoms with Crippen LogP contribution in [0.25, 0.3) is 0 Å². The molecular formula is C13H14N4S. The number of hydrogen-bond donors (Lipinski definition) is 1. The van der Waals surface area contributed by atoms with E-state index in [2.05, 4.69) is 26.7 Å². The number of nitriles is 1. The van der Waals surface area contributed by atoms with Crippen molar-refractivity contribution in [2.45, 2.75) is 20.3 Å². The number of nitrogens with zero attached hydrogens (tertiary/aromatic N) is 3. The number of anilines is 1. The Morgan fingerprint density at radius 1 is 1.44 bits per heavy atom. The lowest BCUT2D eigenvalue weighted by Gasteiger charge is -2.07. The Morgan fingerprint density at radius 3 is 2.94 bits per heavy atom. The molecular weight excluding hydrogens is 244 g/mol. The molecule has 2 aromatic heterocycles. The molecule has 0 aromatic carbocycles. The summed E-state index contributed by atoms with van der Waals surface area (Å²) in [4.78, 5) is 8.59. The molecule has 0 fully saturated rings. The number of aryl methyl sites for hydroxylation is 2. The number of aromatic nitrogens is 2. The summed E-state index contributed by atoms with van der Waals surface area (Å²) in [7, 11) is 0. The molecule has 92 valence electrons. The first-order valence-corrected chi connectivity index (χ1v) is 6.59. The summed E-state index contributed by atoms with van der Waals surface area (Å²) in [6.07, 6.45) is 2.55. The van der Waals surface area contributed by atoms with Gasteiger partial charge in [0.05, 0.1) is 16.3 Å². The van der Waals surface area contributed by atoms with E-state index in [0.717, 1.165) is 29.2 Å². The molecule has 0 atom stereocenters. The minimum atomic E-state index is 0.618. The van der Waals surface area contributed by atoms with Crippen LogP contribution in [0.3, 0.4) is 0 Å². The summed E-state index contributed by atoms with van der Waals surface area (Å²) in [5.74, 6) is 0.657. The van der Waals surface area contributed by atoms with Crippen molar-refractivity contribution in [3.63, 3.8) is 0 Å². The molecule has 2 rings (SSSR count). The maximum atomic E-state index is 9.08. The highest BCUT2D eigenvalue weighted by Gasteiger charge is 2.06. The van der Waals surface area contributed by atoms with Gasteiger partial charge in [0.2, 0.25) is 0 Å². The highest BCUT2D eigenvalue weighted by molar-refractivity contribution is 7.09. The van der Waals surface area contributed by atoms with Crippen LogP contribution in [-0.2, 0) is 6.42 Å². The summed E-state index contributed by atoms with van der Waals surface area (Å²) in [5, 5.41) is 15.4. The second-order valence-corrected chi connectivity index (χ2v) is 5.06. The van der Waals surface area contributed by atoms with Gasteiger partial charge in [0.1, 0.15) is 11.9 Å². The molecule has 0 unspecified atom stereocenters. The molecule has 2 heterocycles. The maximum Gasteiger partial charge on any atom is 0.144 e. The van der Waals surface area contributed by atoms with E-state index < -0.39 is 0 Å². The molecule has 0 spiro atoms. The van der Waals surface area contributed by atoms with Crippen LogP contribution in [0.15, 0.2) is 17.6 Å². The van der Waals surface area contributed by atoms with Crippen molar-refractivity contribution in [3.8, 4) is 6.07 Å². The zero-order valence-corrected chi connectivity index (χ0v) is 11.2. The van der Waals surface area contributed by atoms with E-state index in [-0.39, 0.29) is 0 Å². The van der Waals surface area contributed by atoms with Gasteiger partial charge in [-0.1, -0.05) is 0 Å². The number of hydrogen-bond acceptors (Lipinski definition) is 5. The largest absolute Gasteiger partial charge is 0.369 e. The molecule has 0 aliphatic carbocycles. The molecule has 0 aliphatic rings. The zero-order valence-electron chi connectivity index (χ0n) is 10.4. The van der Waals surface area contributed by atoms with Gasteiger partial charge in [0, 0.05) is 24.5 Å². The molecule has 0 radical (unpaired) electrons. The number of thiazole rings is 1. The van der Waals surface area contributed by atoms with Crippen molar-refractivity contribution >= 4 is 17.2 Å². The van der Waals surface area contributed by atoms with Gasteiger partial charge < -0.3 is 5.32 Å². The van der Waals surface area contributed by atoms with Crippen molar-refractivity contribution in [3.05, 3.63) is 39.5 Å². The monoisotopic (exact) mass is 258 g/mol. The standard InChI is InChI=1S/C13H14N4S/c1-9-3-5-15-13(12(9)7-14)16-6-4-11-8-18-10(2)17-11/h3,5,8H,4,6H2,1-2H3,(H,15,16). The number of nitrogens with one attached hydrogen (secondary N) is 1. The van der Waals surface area contributed by atoms with Gasteiger partial charge in [-0.05, 0) is 25.5 Å². The average Bonchev–Trinajstić information content (AvgIpc) is 2.75. The van der Waals surface area contributed by atoms with Crippen LogP contribution < -0.4 is 5.32 Å². The fraction of sp³-hybridized carbons (Fsp3) is 0.308. The Kier molecular flexibility index (Phi) is 3.90. The van der Waals surface area contributed by atoms with E-state index in [9.17, 15) is 0 Å². The molecule has 0 amide bonds. The first-order valence-electron chi connectivity index (χ1n) is 5.71. The first-order chi connectivity index (χ1) is 8.70. The minimum Gasteiger partial charge on any atom is -0.369 e. The molecule has 0 bridgehead atoms. The molecule has 0 aliphatic heterocycles. The topological polar surface area (TPSA) is 61.6 Å². The van der Waals surface area contributed by atoms with Gasteiger partial charge in [-0.15, -0.1) is 11.3 Å². The van der Waals surface area contributed by atoms with E-state index in [4.69, 9.17) is 5.26 Å². The smallest absolute Gasteiger partial charge is 0.144 e. The Morgan fingerprint density at radius 2 is 2.28 bits per heavy atom. The predicted molar refractivity (Wildman–Crippen MR) is 72.7 cm³/mol. The van der Waals surface area contributed by atoms with E-state index in [1.165, 1.54) is 0 Å². The summed E-state index contributed by atoms with van der Waals surface area (Å²) >= 11 is 1.65. The van der Waals surface area contributed by atoms with E-state index >= 15 is 0 Å². The summed E-state index contributed by atoms with van der Waals surface area (Å²) in [5.41, 5.74) is 2.64. The van der Waals surface area contributed by atoms with Crippen LogP contribution in [-0.4, -0.2) is 16.5 Å². The van der Waals surface area contributed by atoms with Crippen LogP contribution in [0.4, 0.5) is 5.82 Å². The molecule has 2 aromatic rings. The van der Waals surface area contributed by atoms with Crippen molar-refractivity contribution in [2.24, 2.45) is 0 Å². The number of pyridine rings is 1. The fourth-order valence-corrected chi connectivity index (χ4v) is 2.31. The SMILES string of the molecule is Cc1nc(CCNc2nccc(C)c2C#N)cs1. The van der Waals surface area contributed by atoms with Crippen LogP contribution in [0.1, 0.15) is 21.8 Å². The summed E-state index contributed by atoms with van der Waals surface area (Å²) in [6, 6.07) is 4.02. The lowest BCUT2D eigenvalue weighted by Crippen LogP contribution is -2.08. The van der Waals surface area contributed by atoms with Gasteiger partial charge >= 0.3 is 0 Å². The van der Waals surface area contributed by atoms with E-state index in [1.807, 2.05) is 19.9 Å². The molecule has 1 N–H and O–H groups in total. The van der Waals surface area contributed by atoms with Gasteiger partial charge in [-0.3, -0.25) is 0 Å². The Bertz CT molecular complexity index is 583. The van der Waals surface area contributed by atoms with Crippen molar-refractivity contribution in [2.75, 3.05) is 11.9 Å². The van der Waals surface area contributed by atoms with Crippen molar-refractivity contribution in [1.29, 1.82) is 5.26 Å². The van der Waals surface area contributed by atoms with Gasteiger partial charge in [0.15, 0.2) is 0 Å². The van der Waals surface area contributed by atoms with Crippen LogP contribution in [0.2, 0.25) is 0 Å². The average molecular weight is 258 g/mol. The second kappa shape index (κ2) is 5.61. The van der Waals surface area contributed by atoms with Gasteiger partial charge in [0.25, 0.3) is 0 Å². The molecule has 4 nitrogen and oxygen atoms in total. The second-order valence-electron chi connectivity index (χ2n) is 4.00. The van der Waals surface area contributed by atoms with Gasteiger partial charge in [-0.2, -0.15) is 5.26 Å². The maximum absolute atomic E-state index is 9.08. The van der Waals surface area contributed by atoms with Crippen LogP contribution in [0.5, 0.6) is 0 Å². The minimum absolute atomic E-state index is 0.618. The van der Waals surface area contributed by atoms with E-state index in [1.54, 1.807) is 17.5 Å². The third-order valence-corrected chi connectivity index (χ3v) is 3.43. The summed E-state index contributed by atoms with van der Waals surface area (Å²) < 4.78 is 0. The quantitative estimate of drug-likeness (QED) is 0.916. The third-order valence-electron chi connectivity index (χ3n) is 2.61. The molecule has 5 heteroatoms. The normalized spacial score (nSPS) is 10.1. The molecule has 18 heavy (non-hydrogen) atoms. The zero-order chi connectivity index (χ0) is 13.0. The summed E-state index contributed by atoms with van der Waals surface area (Å²) in [6.45, 7) is 4.64. The third kappa shape index (κ3) is 2.84. The predicted octanol–water partition coefficient (Wildman–Crippen LogP) is 2.68. The Hall–Kier alpha value is -1.93. The first kappa shape index (κ1) is 12.5. The lowest BCUT2D eigenvalue weighted by molar-refractivity contribution is 0.958.